The van der Waals surface area contributed by atoms with Crippen LogP contribution >= 0.6 is 12.2 Å². The Balaban J connectivity index is 1.97. The summed E-state index contributed by atoms with van der Waals surface area (Å²) in [4.78, 5) is 0.289. The third-order valence-electron chi connectivity index (χ3n) is 2.68. The van der Waals surface area contributed by atoms with E-state index in [2.05, 4.69) is 22.3 Å². The molecule has 1 aromatic heterocycles. The smallest absolute Gasteiger partial charge is 0.284 e. The van der Waals surface area contributed by atoms with Crippen LogP contribution in [0.15, 0.2) is 59.0 Å². The summed E-state index contributed by atoms with van der Waals surface area (Å²) in [5, 5.41) is 6.60. The van der Waals surface area contributed by atoms with Gasteiger partial charge in [0, 0.05) is 5.56 Å². The van der Waals surface area contributed by atoms with Crippen molar-refractivity contribution in [1.29, 1.82) is 0 Å². The molecule has 2 aromatic carbocycles. The van der Waals surface area contributed by atoms with E-state index in [-0.39, 0.29) is 4.84 Å². The first-order chi connectivity index (χ1) is 8.83. The fourth-order valence-electron chi connectivity index (χ4n) is 1.79. The summed E-state index contributed by atoms with van der Waals surface area (Å²) in [5.74, 6) is 0.514. The van der Waals surface area contributed by atoms with Crippen LogP contribution < -0.4 is 0 Å². The fraction of sp³-hybridized carbons (Fsp3) is 0. The van der Waals surface area contributed by atoms with Gasteiger partial charge in [-0.3, -0.25) is 0 Å². The number of nitrogens with zero attached hydrogens (tertiary/aromatic N) is 1. The quantitative estimate of drug-likeness (QED) is 0.701. The van der Waals surface area contributed by atoms with E-state index in [0.717, 1.165) is 11.1 Å². The van der Waals surface area contributed by atoms with E-state index in [1.807, 2.05) is 42.5 Å². The number of benzene rings is 2. The van der Waals surface area contributed by atoms with Crippen molar-refractivity contribution in [3.63, 3.8) is 0 Å². The zero-order chi connectivity index (χ0) is 12.4. The number of hydrogen-bond donors (Lipinski definition) is 1. The lowest BCUT2D eigenvalue weighted by Crippen LogP contribution is -1.80. The topological polar surface area (TPSA) is 41.8 Å². The van der Waals surface area contributed by atoms with Crippen molar-refractivity contribution in [2.24, 2.45) is 0 Å². The highest BCUT2D eigenvalue weighted by Gasteiger charge is 2.04. The Kier molecular flexibility index (Phi) is 2.78. The van der Waals surface area contributed by atoms with Crippen molar-refractivity contribution in [2.45, 2.75) is 0 Å². The lowest BCUT2D eigenvalue weighted by molar-refractivity contribution is 0.552. The Hall–Kier alpha value is -2.20. The van der Waals surface area contributed by atoms with Crippen molar-refractivity contribution in [1.82, 2.24) is 10.2 Å². The van der Waals surface area contributed by atoms with Gasteiger partial charge >= 0.3 is 0 Å². The fourth-order valence-corrected chi connectivity index (χ4v) is 1.91. The Morgan fingerprint density at radius 1 is 0.833 bits per heavy atom. The van der Waals surface area contributed by atoms with Gasteiger partial charge in [-0.1, -0.05) is 42.5 Å². The molecule has 0 radical (unpaired) electrons. The number of nitrogens with one attached hydrogen (secondary N) is 1. The first kappa shape index (κ1) is 10.9. The molecule has 18 heavy (non-hydrogen) atoms. The molecule has 0 spiro atoms. The lowest BCUT2D eigenvalue weighted by atomic mass is 10.0. The third-order valence-corrected chi connectivity index (χ3v) is 2.85. The predicted octanol–water partition coefficient (Wildman–Crippen LogP) is 4.07. The molecule has 1 N–H and O–H groups in total. The van der Waals surface area contributed by atoms with Crippen LogP contribution in [0.2, 0.25) is 0 Å². The Morgan fingerprint density at radius 2 is 1.44 bits per heavy atom. The molecule has 0 aliphatic carbocycles. The summed E-state index contributed by atoms with van der Waals surface area (Å²) in [6, 6.07) is 18.2. The van der Waals surface area contributed by atoms with Gasteiger partial charge in [-0.25, -0.2) is 5.10 Å². The molecule has 0 fully saturated rings. The highest BCUT2D eigenvalue weighted by atomic mass is 32.1. The molecule has 3 nitrogen and oxygen atoms in total. The van der Waals surface area contributed by atoms with E-state index in [4.69, 9.17) is 16.6 Å². The van der Waals surface area contributed by atoms with Crippen LogP contribution in [0.3, 0.4) is 0 Å². The first-order valence-electron chi connectivity index (χ1n) is 5.54. The normalized spacial score (nSPS) is 10.4. The first-order valence-corrected chi connectivity index (χ1v) is 5.95. The Morgan fingerprint density at radius 3 is 2.06 bits per heavy atom. The molecule has 1 heterocycles. The SMILES string of the molecule is S=c1[nH]nc(-c2ccc(-c3ccccc3)cc2)o1. The van der Waals surface area contributed by atoms with E-state index in [1.54, 1.807) is 0 Å². The third kappa shape index (κ3) is 2.10. The van der Waals surface area contributed by atoms with Crippen LogP contribution in [0.4, 0.5) is 0 Å². The minimum Gasteiger partial charge on any atom is -0.409 e. The molecule has 0 aliphatic heterocycles. The van der Waals surface area contributed by atoms with Crippen molar-refractivity contribution >= 4 is 12.2 Å². The van der Waals surface area contributed by atoms with Gasteiger partial charge in [0.25, 0.3) is 4.84 Å². The second-order valence-corrected chi connectivity index (χ2v) is 4.23. The van der Waals surface area contributed by atoms with Gasteiger partial charge in [-0.2, -0.15) is 0 Å². The predicted molar refractivity (Wildman–Crippen MR) is 72.6 cm³/mol. The zero-order valence-corrected chi connectivity index (χ0v) is 10.3. The highest BCUT2D eigenvalue weighted by molar-refractivity contribution is 7.71. The van der Waals surface area contributed by atoms with Gasteiger partial charge < -0.3 is 4.42 Å². The van der Waals surface area contributed by atoms with Gasteiger partial charge in [0.05, 0.1) is 0 Å². The van der Waals surface area contributed by atoms with Crippen LogP contribution in [0.25, 0.3) is 22.6 Å². The van der Waals surface area contributed by atoms with E-state index >= 15 is 0 Å². The van der Waals surface area contributed by atoms with Crippen LogP contribution in [-0.2, 0) is 0 Å². The molecule has 3 rings (SSSR count). The summed E-state index contributed by atoms with van der Waals surface area (Å²) >= 11 is 4.85. The number of rotatable bonds is 2. The maximum Gasteiger partial charge on any atom is 0.284 e. The van der Waals surface area contributed by atoms with Crippen molar-refractivity contribution in [2.75, 3.05) is 0 Å². The average Bonchev–Trinajstić information content (AvgIpc) is 2.87. The van der Waals surface area contributed by atoms with E-state index in [1.165, 1.54) is 5.56 Å². The monoisotopic (exact) mass is 254 g/mol. The Labute approximate surface area is 109 Å². The molecule has 0 atom stereocenters. The molecular formula is C14H10N2OS. The van der Waals surface area contributed by atoms with Gasteiger partial charge in [0.1, 0.15) is 0 Å². The number of H-pyrrole nitrogens is 1. The maximum atomic E-state index is 5.26. The minimum absolute atomic E-state index is 0.289. The van der Waals surface area contributed by atoms with Crippen LogP contribution in [0.1, 0.15) is 0 Å². The summed E-state index contributed by atoms with van der Waals surface area (Å²) in [5.41, 5.74) is 3.25. The maximum absolute atomic E-state index is 5.26. The van der Waals surface area contributed by atoms with E-state index in [0.29, 0.717) is 5.89 Å². The summed E-state index contributed by atoms with van der Waals surface area (Å²) in [7, 11) is 0. The molecule has 0 saturated carbocycles. The van der Waals surface area contributed by atoms with E-state index < -0.39 is 0 Å². The molecule has 88 valence electrons. The van der Waals surface area contributed by atoms with E-state index in [9.17, 15) is 0 Å². The molecular weight excluding hydrogens is 244 g/mol. The summed E-state index contributed by atoms with van der Waals surface area (Å²) < 4.78 is 5.26. The van der Waals surface area contributed by atoms with Crippen LogP contribution in [0, 0.1) is 4.84 Å². The second kappa shape index (κ2) is 4.58. The van der Waals surface area contributed by atoms with Crippen LogP contribution in [-0.4, -0.2) is 10.2 Å². The van der Waals surface area contributed by atoms with Gasteiger partial charge in [-0.15, -0.1) is 5.10 Å². The number of hydrogen-bond acceptors (Lipinski definition) is 3. The standard InChI is InChI=1S/C14H10N2OS/c18-14-16-15-13(17-14)12-8-6-11(7-9-12)10-4-2-1-3-5-10/h1-9H,(H,16,18). The highest BCUT2D eigenvalue weighted by Crippen LogP contribution is 2.23. The largest absolute Gasteiger partial charge is 0.409 e. The second-order valence-electron chi connectivity index (χ2n) is 3.86. The molecule has 0 aliphatic rings. The zero-order valence-electron chi connectivity index (χ0n) is 9.46. The molecule has 0 saturated heterocycles. The Bertz CT molecular complexity index is 698. The average molecular weight is 254 g/mol. The van der Waals surface area contributed by atoms with Crippen molar-refractivity contribution < 1.29 is 4.42 Å². The molecule has 0 unspecified atom stereocenters. The molecule has 4 heteroatoms. The molecule has 3 aromatic rings. The lowest BCUT2D eigenvalue weighted by Gasteiger charge is -2.01. The van der Waals surface area contributed by atoms with Crippen molar-refractivity contribution in [3.05, 3.63) is 59.4 Å². The number of aromatic nitrogens is 2. The summed E-state index contributed by atoms with van der Waals surface area (Å²) in [6.07, 6.45) is 0. The van der Waals surface area contributed by atoms with Gasteiger partial charge in [0.15, 0.2) is 0 Å². The molecule has 0 bridgehead atoms. The summed E-state index contributed by atoms with van der Waals surface area (Å²) in [6.45, 7) is 0. The number of aromatic amines is 1. The minimum atomic E-state index is 0.289. The van der Waals surface area contributed by atoms with Crippen LogP contribution in [0.5, 0.6) is 0 Å². The van der Waals surface area contributed by atoms with Crippen molar-refractivity contribution in [3.8, 4) is 22.6 Å². The van der Waals surface area contributed by atoms with Gasteiger partial charge in [0.2, 0.25) is 5.89 Å². The van der Waals surface area contributed by atoms with Gasteiger partial charge in [-0.05, 0) is 35.5 Å². The molecule has 0 amide bonds.